The first-order chi connectivity index (χ1) is 4.97. The monoisotopic (exact) mass is 176 g/mol. The summed E-state index contributed by atoms with van der Waals surface area (Å²) in [7, 11) is 0. The first kappa shape index (κ1) is 9.36. The smallest absolute Gasteiger partial charge is 0.162 e. The topological polar surface area (TPSA) is 18.5 Å². The average Bonchev–Trinajstić information content (AvgIpc) is 1.97. The van der Waals surface area contributed by atoms with E-state index in [4.69, 9.17) is 9.47 Å². The lowest BCUT2D eigenvalue weighted by Crippen LogP contribution is -2.45. The quantitative estimate of drug-likeness (QED) is 0.613. The van der Waals surface area contributed by atoms with E-state index in [9.17, 15) is 0 Å². The van der Waals surface area contributed by atoms with Gasteiger partial charge in [-0.05, 0) is 13.8 Å². The molecule has 0 aromatic rings. The fraction of sp³-hybridized carbons (Fsp3) is 1.00. The van der Waals surface area contributed by atoms with Crippen molar-refractivity contribution in [1.82, 2.24) is 0 Å². The molecule has 66 valence electrons. The van der Waals surface area contributed by atoms with Gasteiger partial charge in [0.25, 0.3) is 0 Å². The molecule has 2 nitrogen and oxygen atoms in total. The van der Waals surface area contributed by atoms with Crippen LogP contribution in [0.15, 0.2) is 0 Å². The van der Waals surface area contributed by atoms with Crippen LogP contribution in [0.1, 0.15) is 20.8 Å². The molecule has 0 spiro atoms. The number of hydrogen-bond acceptors (Lipinski definition) is 3. The van der Waals surface area contributed by atoms with Crippen molar-refractivity contribution in [3.63, 3.8) is 0 Å². The summed E-state index contributed by atoms with van der Waals surface area (Å²) in [6.07, 6.45) is 0. The van der Waals surface area contributed by atoms with E-state index in [1.165, 1.54) is 0 Å². The van der Waals surface area contributed by atoms with Crippen LogP contribution in [0.2, 0.25) is 0 Å². The Morgan fingerprint density at radius 2 is 1.64 bits per heavy atom. The lowest BCUT2D eigenvalue weighted by Gasteiger charge is -2.40. The summed E-state index contributed by atoms with van der Waals surface area (Å²) in [5.41, 5.74) is 0.0959. The third-order valence-corrected chi connectivity index (χ3v) is 2.68. The molecule has 0 saturated carbocycles. The minimum Gasteiger partial charge on any atom is -0.350 e. The van der Waals surface area contributed by atoms with E-state index in [0.29, 0.717) is 0 Å². The van der Waals surface area contributed by atoms with Crippen LogP contribution in [0, 0.1) is 5.41 Å². The van der Waals surface area contributed by atoms with Crippen molar-refractivity contribution in [2.45, 2.75) is 26.6 Å². The maximum atomic E-state index is 5.50. The van der Waals surface area contributed by atoms with E-state index in [2.05, 4.69) is 19.6 Å². The van der Waals surface area contributed by atoms with Gasteiger partial charge in [0.05, 0.1) is 13.2 Å². The Hall–Kier alpha value is 0.270. The Bertz CT molecular complexity index is 135. The van der Waals surface area contributed by atoms with Crippen LogP contribution in [-0.4, -0.2) is 24.8 Å². The van der Waals surface area contributed by atoms with Crippen LogP contribution >= 0.6 is 12.6 Å². The summed E-state index contributed by atoms with van der Waals surface area (Å²) in [6.45, 7) is 7.47. The van der Waals surface area contributed by atoms with Crippen LogP contribution in [0.4, 0.5) is 0 Å². The van der Waals surface area contributed by atoms with E-state index in [1.54, 1.807) is 0 Å². The number of thiol groups is 1. The second-order valence-corrected chi connectivity index (χ2v) is 4.26. The standard InChI is InChI=1S/C8H16O2S/c1-7(2)9-4-8(3,6-11)5-10-7/h11H,4-6H2,1-3H3. The molecular formula is C8H16O2S. The molecule has 0 N–H and O–H groups in total. The highest BCUT2D eigenvalue weighted by Gasteiger charge is 2.35. The highest BCUT2D eigenvalue weighted by Crippen LogP contribution is 2.29. The van der Waals surface area contributed by atoms with E-state index < -0.39 is 5.79 Å². The molecule has 0 aromatic carbocycles. The third kappa shape index (κ3) is 2.36. The fourth-order valence-electron chi connectivity index (χ4n) is 0.871. The van der Waals surface area contributed by atoms with Gasteiger partial charge in [-0.2, -0.15) is 12.6 Å². The molecule has 1 fully saturated rings. The van der Waals surface area contributed by atoms with Crippen molar-refractivity contribution < 1.29 is 9.47 Å². The van der Waals surface area contributed by atoms with Crippen LogP contribution in [-0.2, 0) is 9.47 Å². The van der Waals surface area contributed by atoms with Gasteiger partial charge in [-0.25, -0.2) is 0 Å². The van der Waals surface area contributed by atoms with Gasteiger partial charge in [0.15, 0.2) is 5.79 Å². The van der Waals surface area contributed by atoms with Gasteiger partial charge in [-0.15, -0.1) is 0 Å². The summed E-state index contributed by atoms with van der Waals surface area (Å²) < 4.78 is 11.0. The SMILES string of the molecule is CC1(CS)COC(C)(C)OC1. The Morgan fingerprint density at radius 3 is 2.00 bits per heavy atom. The van der Waals surface area contributed by atoms with E-state index >= 15 is 0 Å². The molecule has 0 amide bonds. The zero-order chi connectivity index (χ0) is 8.54. The van der Waals surface area contributed by atoms with E-state index in [0.717, 1.165) is 19.0 Å². The molecule has 0 unspecified atom stereocenters. The Labute approximate surface area is 73.7 Å². The summed E-state index contributed by atoms with van der Waals surface area (Å²) >= 11 is 4.25. The minimum atomic E-state index is -0.400. The lowest BCUT2D eigenvalue weighted by atomic mass is 9.94. The molecule has 1 saturated heterocycles. The predicted molar refractivity (Wildman–Crippen MR) is 47.9 cm³/mol. The van der Waals surface area contributed by atoms with Gasteiger partial charge >= 0.3 is 0 Å². The molecule has 0 aromatic heterocycles. The lowest BCUT2D eigenvalue weighted by molar-refractivity contribution is -0.278. The highest BCUT2D eigenvalue weighted by molar-refractivity contribution is 7.80. The molecule has 1 rings (SSSR count). The van der Waals surface area contributed by atoms with Gasteiger partial charge < -0.3 is 9.47 Å². The zero-order valence-corrected chi connectivity index (χ0v) is 8.28. The van der Waals surface area contributed by atoms with Gasteiger partial charge in [0.2, 0.25) is 0 Å². The summed E-state index contributed by atoms with van der Waals surface area (Å²) in [6, 6.07) is 0. The number of ether oxygens (including phenoxy) is 2. The molecular weight excluding hydrogens is 160 g/mol. The molecule has 0 atom stereocenters. The average molecular weight is 176 g/mol. The maximum Gasteiger partial charge on any atom is 0.162 e. The number of hydrogen-bond donors (Lipinski definition) is 1. The van der Waals surface area contributed by atoms with E-state index in [1.807, 2.05) is 13.8 Å². The van der Waals surface area contributed by atoms with Crippen molar-refractivity contribution in [3.05, 3.63) is 0 Å². The normalized spacial score (nSPS) is 28.4. The van der Waals surface area contributed by atoms with Crippen molar-refractivity contribution >= 4 is 12.6 Å². The van der Waals surface area contributed by atoms with Crippen LogP contribution in [0.3, 0.4) is 0 Å². The van der Waals surface area contributed by atoms with Gasteiger partial charge in [0.1, 0.15) is 0 Å². The first-order valence-electron chi connectivity index (χ1n) is 3.86. The molecule has 1 aliphatic rings. The van der Waals surface area contributed by atoms with Crippen molar-refractivity contribution in [1.29, 1.82) is 0 Å². The summed E-state index contributed by atoms with van der Waals surface area (Å²) in [5.74, 6) is 0.408. The van der Waals surface area contributed by atoms with Crippen LogP contribution in [0.25, 0.3) is 0 Å². The molecule has 3 heteroatoms. The second kappa shape index (κ2) is 2.96. The second-order valence-electron chi connectivity index (χ2n) is 3.95. The Balaban J connectivity index is 2.48. The first-order valence-corrected chi connectivity index (χ1v) is 4.49. The van der Waals surface area contributed by atoms with Crippen molar-refractivity contribution in [2.75, 3.05) is 19.0 Å². The molecule has 11 heavy (non-hydrogen) atoms. The minimum absolute atomic E-state index is 0.0959. The zero-order valence-electron chi connectivity index (χ0n) is 7.39. The fourth-order valence-corrected chi connectivity index (χ4v) is 1.05. The van der Waals surface area contributed by atoms with Gasteiger partial charge in [-0.1, -0.05) is 6.92 Å². The highest BCUT2D eigenvalue weighted by atomic mass is 32.1. The Kier molecular flexibility index (Phi) is 2.52. The maximum absolute atomic E-state index is 5.50. The molecule has 0 bridgehead atoms. The Morgan fingerprint density at radius 1 is 1.18 bits per heavy atom. The van der Waals surface area contributed by atoms with Gasteiger partial charge in [-0.3, -0.25) is 0 Å². The van der Waals surface area contributed by atoms with Gasteiger partial charge in [0, 0.05) is 11.2 Å². The third-order valence-electron chi connectivity index (χ3n) is 1.92. The summed E-state index contributed by atoms with van der Waals surface area (Å²) in [5, 5.41) is 0. The van der Waals surface area contributed by atoms with Crippen LogP contribution < -0.4 is 0 Å². The molecule has 1 heterocycles. The molecule has 0 radical (unpaired) electrons. The van der Waals surface area contributed by atoms with E-state index in [-0.39, 0.29) is 5.41 Å². The summed E-state index contributed by atoms with van der Waals surface area (Å²) in [4.78, 5) is 0. The molecule has 0 aliphatic carbocycles. The largest absolute Gasteiger partial charge is 0.350 e. The van der Waals surface area contributed by atoms with Crippen molar-refractivity contribution in [3.8, 4) is 0 Å². The van der Waals surface area contributed by atoms with Crippen molar-refractivity contribution in [2.24, 2.45) is 5.41 Å². The predicted octanol–water partition coefficient (Wildman–Crippen LogP) is 1.71. The van der Waals surface area contributed by atoms with Crippen LogP contribution in [0.5, 0.6) is 0 Å². The number of rotatable bonds is 1. The molecule has 1 aliphatic heterocycles.